The molecule has 0 spiro atoms. The first kappa shape index (κ1) is 18.4. The van der Waals surface area contributed by atoms with Crippen LogP contribution in [0, 0.1) is 0 Å². The van der Waals surface area contributed by atoms with Crippen molar-refractivity contribution in [2.75, 3.05) is 17.8 Å². The fourth-order valence-corrected chi connectivity index (χ4v) is 5.26. The minimum Gasteiger partial charge on any atom is -0.339 e. The number of hydrogen-bond donors (Lipinski definition) is 1. The molecule has 0 radical (unpaired) electrons. The van der Waals surface area contributed by atoms with Crippen LogP contribution >= 0.6 is 31.9 Å². The highest BCUT2D eigenvalue weighted by Crippen LogP contribution is 2.27. The summed E-state index contributed by atoms with van der Waals surface area (Å²) in [7, 11) is -3.78. The van der Waals surface area contributed by atoms with Gasteiger partial charge in [-0.2, -0.15) is 0 Å². The van der Waals surface area contributed by atoms with Crippen LogP contribution < -0.4 is 4.72 Å². The van der Waals surface area contributed by atoms with Crippen LogP contribution in [0.2, 0.25) is 0 Å². The molecular formula is C17H16Br2N2O3S. The Morgan fingerprint density at radius 3 is 2.48 bits per heavy atom. The molecule has 1 N–H and O–H groups in total. The standard InChI is InChI=1S/C17H16Br2N2O3S/c18-13-6-7-15(19)16(11-13)25(23,24)20-14-5-3-4-12(10-14)17(22)21-8-1-2-9-21/h3-7,10-11,20H,1-2,8-9H2. The van der Waals surface area contributed by atoms with Gasteiger partial charge in [0.25, 0.3) is 15.9 Å². The summed E-state index contributed by atoms with van der Waals surface area (Å²) < 4.78 is 29.0. The van der Waals surface area contributed by atoms with Crippen molar-refractivity contribution < 1.29 is 13.2 Å². The lowest BCUT2D eigenvalue weighted by Gasteiger charge is -2.16. The molecule has 1 fully saturated rings. The third-order valence-corrected chi connectivity index (χ3v) is 6.81. The summed E-state index contributed by atoms with van der Waals surface area (Å²) in [4.78, 5) is 14.4. The highest BCUT2D eigenvalue weighted by atomic mass is 79.9. The Hall–Kier alpha value is -1.38. The van der Waals surface area contributed by atoms with E-state index in [-0.39, 0.29) is 10.8 Å². The zero-order valence-electron chi connectivity index (χ0n) is 13.2. The fraction of sp³-hybridized carbons (Fsp3) is 0.235. The van der Waals surface area contributed by atoms with Gasteiger partial charge < -0.3 is 4.90 Å². The van der Waals surface area contributed by atoms with Crippen molar-refractivity contribution in [1.29, 1.82) is 0 Å². The number of carbonyl (C=O) groups is 1. The highest BCUT2D eigenvalue weighted by molar-refractivity contribution is 9.11. The van der Waals surface area contributed by atoms with Crippen molar-refractivity contribution in [1.82, 2.24) is 4.90 Å². The number of carbonyl (C=O) groups excluding carboxylic acids is 1. The number of nitrogens with one attached hydrogen (secondary N) is 1. The summed E-state index contributed by atoms with van der Waals surface area (Å²) in [5.74, 6) is -0.0674. The Balaban J connectivity index is 1.86. The van der Waals surface area contributed by atoms with Gasteiger partial charge in [0.1, 0.15) is 4.90 Å². The largest absolute Gasteiger partial charge is 0.339 e. The molecule has 2 aromatic rings. The second-order valence-electron chi connectivity index (χ2n) is 5.76. The van der Waals surface area contributed by atoms with Gasteiger partial charge in [-0.25, -0.2) is 8.42 Å². The van der Waals surface area contributed by atoms with E-state index in [9.17, 15) is 13.2 Å². The minimum absolute atomic E-state index is 0.0674. The van der Waals surface area contributed by atoms with Crippen LogP contribution in [0.25, 0.3) is 0 Å². The van der Waals surface area contributed by atoms with Gasteiger partial charge in [-0.1, -0.05) is 22.0 Å². The molecule has 0 aliphatic carbocycles. The number of halogens is 2. The van der Waals surface area contributed by atoms with Gasteiger partial charge in [0.2, 0.25) is 0 Å². The first-order valence-corrected chi connectivity index (χ1v) is 10.8. The lowest BCUT2D eigenvalue weighted by Crippen LogP contribution is -2.27. The summed E-state index contributed by atoms with van der Waals surface area (Å²) >= 11 is 6.54. The predicted octanol–water partition coefficient (Wildman–Crippen LogP) is 4.25. The second-order valence-corrected chi connectivity index (χ2v) is 9.18. The summed E-state index contributed by atoms with van der Waals surface area (Å²) in [6.07, 6.45) is 2.02. The van der Waals surface area contributed by atoms with Crippen molar-refractivity contribution in [2.24, 2.45) is 0 Å². The molecule has 0 aromatic heterocycles. The Kier molecular flexibility index (Phi) is 5.50. The average molecular weight is 488 g/mol. The molecule has 1 saturated heterocycles. The molecule has 0 bridgehead atoms. The number of likely N-dealkylation sites (tertiary alicyclic amines) is 1. The summed E-state index contributed by atoms with van der Waals surface area (Å²) in [5, 5.41) is 0. The number of sulfonamides is 1. The molecule has 2 aromatic carbocycles. The molecule has 25 heavy (non-hydrogen) atoms. The van der Waals surface area contributed by atoms with Crippen molar-refractivity contribution in [2.45, 2.75) is 17.7 Å². The van der Waals surface area contributed by atoms with Gasteiger partial charge in [0.15, 0.2) is 0 Å². The number of benzene rings is 2. The summed E-state index contributed by atoms with van der Waals surface area (Å²) in [6.45, 7) is 1.50. The van der Waals surface area contributed by atoms with E-state index in [1.807, 2.05) is 0 Å². The molecule has 0 saturated carbocycles. The highest BCUT2D eigenvalue weighted by Gasteiger charge is 2.21. The third-order valence-electron chi connectivity index (χ3n) is 3.94. The molecule has 8 heteroatoms. The van der Waals surface area contributed by atoms with Gasteiger partial charge >= 0.3 is 0 Å². The van der Waals surface area contributed by atoms with Crippen molar-refractivity contribution in [3.05, 3.63) is 57.0 Å². The van der Waals surface area contributed by atoms with Crippen LogP contribution in [0.3, 0.4) is 0 Å². The normalized spacial score (nSPS) is 14.6. The van der Waals surface area contributed by atoms with Crippen LogP contribution in [0.5, 0.6) is 0 Å². The molecule has 1 aliphatic rings. The quantitative estimate of drug-likeness (QED) is 0.701. The lowest BCUT2D eigenvalue weighted by atomic mass is 10.2. The molecule has 1 heterocycles. The van der Waals surface area contributed by atoms with E-state index in [0.29, 0.717) is 20.2 Å². The maximum Gasteiger partial charge on any atom is 0.263 e. The van der Waals surface area contributed by atoms with Gasteiger partial charge in [0, 0.05) is 33.3 Å². The number of hydrogen-bond acceptors (Lipinski definition) is 3. The maximum absolute atomic E-state index is 12.7. The van der Waals surface area contributed by atoms with Crippen LogP contribution in [0.4, 0.5) is 5.69 Å². The molecule has 132 valence electrons. The predicted molar refractivity (Wildman–Crippen MR) is 104 cm³/mol. The summed E-state index contributed by atoms with van der Waals surface area (Å²) in [6, 6.07) is 11.5. The van der Waals surface area contributed by atoms with E-state index >= 15 is 0 Å². The van der Waals surface area contributed by atoms with E-state index in [1.165, 1.54) is 6.07 Å². The van der Waals surface area contributed by atoms with Gasteiger partial charge in [0.05, 0.1) is 0 Å². The Bertz CT molecular complexity index is 910. The van der Waals surface area contributed by atoms with E-state index in [1.54, 1.807) is 41.3 Å². The van der Waals surface area contributed by atoms with E-state index in [0.717, 1.165) is 25.9 Å². The molecule has 3 rings (SSSR count). The SMILES string of the molecule is O=C(c1cccc(NS(=O)(=O)c2cc(Br)ccc2Br)c1)N1CCCC1. The molecule has 0 atom stereocenters. The first-order valence-electron chi connectivity index (χ1n) is 7.74. The van der Waals surface area contributed by atoms with E-state index in [2.05, 4.69) is 36.6 Å². The van der Waals surface area contributed by atoms with E-state index in [4.69, 9.17) is 0 Å². The van der Waals surface area contributed by atoms with Gasteiger partial charge in [-0.15, -0.1) is 0 Å². The first-order chi connectivity index (χ1) is 11.9. The molecule has 1 aliphatic heterocycles. The smallest absolute Gasteiger partial charge is 0.263 e. The average Bonchev–Trinajstić information content (AvgIpc) is 3.10. The second kappa shape index (κ2) is 7.47. The number of nitrogens with zero attached hydrogens (tertiary/aromatic N) is 1. The van der Waals surface area contributed by atoms with Crippen LogP contribution in [-0.4, -0.2) is 32.3 Å². The minimum atomic E-state index is -3.78. The molecular weight excluding hydrogens is 472 g/mol. The Labute approximate surface area is 163 Å². The van der Waals surface area contributed by atoms with Gasteiger partial charge in [-0.05, 0) is 65.2 Å². The van der Waals surface area contributed by atoms with Crippen molar-refractivity contribution >= 4 is 53.5 Å². The van der Waals surface area contributed by atoms with Crippen LogP contribution in [0.15, 0.2) is 56.3 Å². The zero-order valence-corrected chi connectivity index (χ0v) is 17.2. The molecule has 1 amide bonds. The number of anilines is 1. The molecule has 5 nitrogen and oxygen atoms in total. The summed E-state index contributed by atoms with van der Waals surface area (Å²) in [5.41, 5.74) is 0.840. The van der Waals surface area contributed by atoms with Crippen LogP contribution in [0.1, 0.15) is 23.2 Å². The monoisotopic (exact) mass is 486 g/mol. The zero-order chi connectivity index (χ0) is 18.0. The maximum atomic E-state index is 12.7. The topological polar surface area (TPSA) is 66.5 Å². The fourth-order valence-electron chi connectivity index (χ4n) is 2.71. The molecule has 0 unspecified atom stereocenters. The van der Waals surface area contributed by atoms with Crippen molar-refractivity contribution in [3.63, 3.8) is 0 Å². The number of rotatable bonds is 4. The number of amides is 1. The lowest BCUT2D eigenvalue weighted by molar-refractivity contribution is 0.0793. The third kappa shape index (κ3) is 4.24. The van der Waals surface area contributed by atoms with Crippen molar-refractivity contribution in [3.8, 4) is 0 Å². The van der Waals surface area contributed by atoms with Crippen LogP contribution in [-0.2, 0) is 10.0 Å². The Morgan fingerprint density at radius 2 is 1.76 bits per heavy atom. The van der Waals surface area contributed by atoms with E-state index < -0.39 is 10.0 Å². The Morgan fingerprint density at radius 1 is 1.04 bits per heavy atom. The van der Waals surface area contributed by atoms with Gasteiger partial charge in [-0.3, -0.25) is 9.52 Å².